The zero-order valence-corrected chi connectivity index (χ0v) is 20.9. The van der Waals surface area contributed by atoms with Gasteiger partial charge < -0.3 is 20.5 Å². The molecule has 8 nitrogen and oxygen atoms in total. The topological polar surface area (TPSA) is 108 Å². The molecule has 0 aliphatic carbocycles. The van der Waals surface area contributed by atoms with Crippen molar-refractivity contribution in [1.29, 1.82) is 0 Å². The molecular weight excluding hydrogens is 422 g/mol. The van der Waals surface area contributed by atoms with Crippen LogP contribution in [0.5, 0.6) is 5.75 Å². The molecule has 1 aromatic carbocycles. The van der Waals surface area contributed by atoms with Crippen LogP contribution in [0.4, 0.5) is 4.79 Å². The molecule has 0 saturated heterocycles. The highest BCUT2D eigenvalue weighted by molar-refractivity contribution is 5.93. The van der Waals surface area contributed by atoms with Crippen LogP contribution in [0.2, 0.25) is 0 Å². The Labute approximate surface area is 197 Å². The van der Waals surface area contributed by atoms with Crippen molar-refractivity contribution < 1.29 is 24.2 Å². The summed E-state index contributed by atoms with van der Waals surface area (Å²) in [6, 6.07) is 6.03. The second kappa shape index (κ2) is 11.1. The average Bonchev–Trinajstić information content (AvgIpc) is 2.62. The molecule has 0 saturated carbocycles. The summed E-state index contributed by atoms with van der Waals surface area (Å²) >= 11 is 0. The highest BCUT2D eigenvalue weighted by atomic mass is 16.6. The molecule has 0 bridgehead atoms. The van der Waals surface area contributed by atoms with Crippen LogP contribution in [0.25, 0.3) is 0 Å². The first kappa shape index (κ1) is 27.8. The molecule has 0 aromatic heterocycles. The molecule has 1 aromatic rings. The summed E-state index contributed by atoms with van der Waals surface area (Å²) in [5.41, 5.74) is -0.911. The zero-order chi connectivity index (χ0) is 25.6. The van der Waals surface area contributed by atoms with Crippen LogP contribution in [-0.2, 0) is 14.3 Å². The summed E-state index contributed by atoms with van der Waals surface area (Å²) in [6.07, 6.45) is 5.27. The van der Waals surface area contributed by atoms with Gasteiger partial charge in [0.2, 0.25) is 5.91 Å². The standard InChI is InChI=1S/C25H37N3O5/c1-10-28(22(31)19(15-16(2)3)26-23(32)33-25(7,8)9)20(21(30)27-24(4,5)6)17-11-13-18(29)14-12-17/h1,11-14,16,19-20,29H,15H2,2-9H3,(H,26,32)(H,27,30). The molecule has 0 spiro atoms. The number of phenolic OH excluding ortho intramolecular Hbond substituents is 1. The number of amides is 3. The molecule has 3 N–H and O–H groups in total. The molecule has 0 radical (unpaired) electrons. The Hall–Kier alpha value is -3.21. The fraction of sp³-hybridized carbons (Fsp3) is 0.560. The van der Waals surface area contributed by atoms with E-state index in [4.69, 9.17) is 11.2 Å². The first-order valence-corrected chi connectivity index (χ1v) is 10.9. The summed E-state index contributed by atoms with van der Waals surface area (Å²) in [5.74, 6) is -1.04. The number of hydrogen-bond acceptors (Lipinski definition) is 5. The van der Waals surface area contributed by atoms with Crippen LogP contribution < -0.4 is 10.6 Å². The van der Waals surface area contributed by atoms with Crippen LogP contribution in [0, 0.1) is 18.4 Å². The number of benzene rings is 1. The van der Waals surface area contributed by atoms with Gasteiger partial charge in [0, 0.05) is 11.6 Å². The molecule has 2 atom stereocenters. The number of hydrogen-bond donors (Lipinski definition) is 3. The van der Waals surface area contributed by atoms with Crippen molar-refractivity contribution in [3.8, 4) is 18.2 Å². The maximum Gasteiger partial charge on any atom is 0.408 e. The second-order valence-corrected chi connectivity index (χ2v) is 10.4. The minimum atomic E-state index is -1.17. The molecule has 0 heterocycles. The van der Waals surface area contributed by atoms with Gasteiger partial charge in [-0.25, -0.2) is 4.79 Å². The van der Waals surface area contributed by atoms with Gasteiger partial charge in [0.15, 0.2) is 0 Å². The Morgan fingerprint density at radius 2 is 1.64 bits per heavy atom. The third kappa shape index (κ3) is 9.44. The van der Waals surface area contributed by atoms with Gasteiger partial charge >= 0.3 is 6.09 Å². The van der Waals surface area contributed by atoms with Crippen molar-refractivity contribution in [1.82, 2.24) is 15.5 Å². The lowest BCUT2D eigenvalue weighted by Crippen LogP contribution is -2.53. The Morgan fingerprint density at radius 3 is 2.06 bits per heavy atom. The van der Waals surface area contributed by atoms with Gasteiger partial charge in [-0.1, -0.05) is 32.4 Å². The zero-order valence-electron chi connectivity index (χ0n) is 20.9. The first-order valence-electron chi connectivity index (χ1n) is 10.9. The predicted octanol–water partition coefficient (Wildman–Crippen LogP) is 3.71. The van der Waals surface area contributed by atoms with Gasteiger partial charge in [-0.3, -0.25) is 14.5 Å². The van der Waals surface area contributed by atoms with Crippen molar-refractivity contribution >= 4 is 17.9 Å². The quantitative estimate of drug-likeness (QED) is 0.426. The van der Waals surface area contributed by atoms with E-state index < -0.39 is 41.1 Å². The van der Waals surface area contributed by atoms with E-state index in [-0.39, 0.29) is 11.7 Å². The number of phenols is 1. The third-order valence-electron chi connectivity index (χ3n) is 4.29. The largest absolute Gasteiger partial charge is 0.508 e. The average molecular weight is 460 g/mol. The van der Waals surface area contributed by atoms with Crippen molar-refractivity contribution in [3.05, 3.63) is 29.8 Å². The molecule has 0 aliphatic heterocycles. The highest BCUT2D eigenvalue weighted by Crippen LogP contribution is 2.25. The highest BCUT2D eigenvalue weighted by Gasteiger charge is 2.37. The van der Waals surface area contributed by atoms with E-state index in [1.165, 1.54) is 24.3 Å². The summed E-state index contributed by atoms with van der Waals surface area (Å²) in [7, 11) is 0. The lowest BCUT2D eigenvalue weighted by molar-refractivity contribution is -0.139. The number of rotatable bonds is 7. The summed E-state index contributed by atoms with van der Waals surface area (Å²) in [4.78, 5) is 40.2. The number of carbonyl (C=O) groups excluding carboxylic acids is 3. The summed E-state index contributed by atoms with van der Waals surface area (Å²) in [6.45, 7) is 14.4. The van der Waals surface area contributed by atoms with E-state index >= 15 is 0 Å². The number of carbonyl (C=O) groups is 3. The number of nitrogens with one attached hydrogen (secondary N) is 2. The third-order valence-corrected chi connectivity index (χ3v) is 4.29. The normalized spacial score (nSPS) is 13.5. The molecule has 0 aliphatic rings. The van der Waals surface area contributed by atoms with E-state index in [1.54, 1.807) is 20.8 Å². The van der Waals surface area contributed by atoms with Crippen LogP contribution in [0.15, 0.2) is 24.3 Å². The second-order valence-electron chi connectivity index (χ2n) is 10.4. The van der Waals surface area contributed by atoms with Gasteiger partial charge in [-0.05, 0) is 71.6 Å². The van der Waals surface area contributed by atoms with Gasteiger partial charge in [0.25, 0.3) is 5.91 Å². The first-order chi connectivity index (χ1) is 15.0. The lowest BCUT2D eigenvalue weighted by Gasteiger charge is -2.32. The van der Waals surface area contributed by atoms with Crippen LogP contribution in [0.3, 0.4) is 0 Å². The van der Waals surface area contributed by atoms with Crippen LogP contribution in [-0.4, -0.2) is 45.1 Å². The van der Waals surface area contributed by atoms with Gasteiger partial charge in [0.1, 0.15) is 23.4 Å². The number of aromatic hydroxyl groups is 1. The van der Waals surface area contributed by atoms with E-state index in [9.17, 15) is 19.5 Å². The van der Waals surface area contributed by atoms with Crippen molar-refractivity contribution in [3.63, 3.8) is 0 Å². The molecule has 2 unspecified atom stereocenters. The fourth-order valence-electron chi connectivity index (χ4n) is 3.09. The SMILES string of the molecule is C#CN(C(=O)C(CC(C)C)NC(=O)OC(C)(C)C)C(C(=O)NC(C)(C)C)c1ccc(O)cc1. The molecular formula is C25H37N3O5. The van der Waals surface area contributed by atoms with Crippen molar-refractivity contribution in [2.45, 2.75) is 85.0 Å². The van der Waals surface area contributed by atoms with Gasteiger partial charge in [0.05, 0.1) is 0 Å². The van der Waals surface area contributed by atoms with E-state index in [2.05, 4.69) is 16.7 Å². The smallest absolute Gasteiger partial charge is 0.408 e. The Kier molecular flexibility index (Phi) is 9.34. The van der Waals surface area contributed by atoms with Crippen molar-refractivity contribution in [2.24, 2.45) is 5.92 Å². The maximum absolute atomic E-state index is 13.5. The molecule has 8 heteroatoms. The predicted molar refractivity (Wildman–Crippen MR) is 127 cm³/mol. The fourth-order valence-corrected chi connectivity index (χ4v) is 3.09. The van der Waals surface area contributed by atoms with E-state index in [0.29, 0.717) is 12.0 Å². The van der Waals surface area contributed by atoms with E-state index in [1.807, 2.05) is 34.6 Å². The Bertz CT molecular complexity index is 873. The summed E-state index contributed by atoms with van der Waals surface area (Å²) in [5, 5.41) is 15.1. The van der Waals surface area contributed by atoms with Gasteiger partial charge in [-0.15, -0.1) is 0 Å². The minimum absolute atomic E-state index is 0.0107. The minimum Gasteiger partial charge on any atom is -0.508 e. The Balaban J connectivity index is 3.38. The molecule has 3 amide bonds. The van der Waals surface area contributed by atoms with Crippen LogP contribution in [0.1, 0.15) is 73.4 Å². The lowest BCUT2D eigenvalue weighted by atomic mass is 9.98. The number of ether oxygens (including phenoxy) is 1. The number of nitrogens with zero attached hydrogens (tertiary/aromatic N) is 1. The monoisotopic (exact) mass is 459 g/mol. The molecule has 33 heavy (non-hydrogen) atoms. The van der Waals surface area contributed by atoms with E-state index in [0.717, 1.165) is 4.90 Å². The number of alkyl carbamates (subject to hydrolysis) is 1. The Morgan fingerprint density at radius 1 is 1.09 bits per heavy atom. The maximum atomic E-state index is 13.5. The molecule has 1 rings (SSSR count). The number of terminal acetylenes is 1. The van der Waals surface area contributed by atoms with Crippen molar-refractivity contribution in [2.75, 3.05) is 0 Å². The molecule has 0 fully saturated rings. The molecule has 182 valence electrons. The van der Waals surface area contributed by atoms with Gasteiger partial charge in [-0.2, -0.15) is 0 Å². The summed E-state index contributed by atoms with van der Waals surface area (Å²) < 4.78 is 5.31. The van der Waals surface area contributed by atoms with Crippen LogP contribution >= 0.6 is 0 Å².